The predicted octanol–water partition coefficient (Wildman–Crippen LogP) is 3.06. The Hall–Kier alpha value is -2.52. The van der Waals surface area contributed by atoms with Gasteiger partial charge < -0.3 is 19.9 Å². The monoisotopic (exact) mass is 453 g/mol. The van der Waals surface area contributed by atoms with Crippen LogP contribution in [0, 0.1) is 18.3 Å². The van der Waals surface area contributed by atoms with E-state index in [4.69, 9.17) is 9.72 Å². The Bertz CT molecular complexity index is 1130. The first kappa shape index (κ1) is 20.1. The molecule has 1 aliphatic carbocycles. The van der Waals surface area contributed by atoms with Gasteiger partial charge in [0, 0.05) is 32.6 Å². The van der Waals surface area contributed by atoms with Crippen molar-refractivity contribution >= 4 is 34.1 Å². The zero-order chi connectivity index (χ0) is 22.2. The summed E-state index contributed by atoms with van der Waals surface area (Å²) < 4.78 is 5.44. The van der Waals surface area contributed by atoms with Gasteiger partial charge in [0.2, 0.25) is 5.91 Å². The maximum absolute atomic E-state index is 13.5. The molecule has 9 heteroatoms. The van der Waals surface area contributed by atoms with E-state index in [1.54, 1.807) is 0 Å². The number of nitrogens with zero attached hydrogens (tertiary/aromatic N) is 4. The number of anilines is 2. The number of fused-ring (bicyclic) bond motifs is 1. The van der Waals surface area contributed by atoms with E-state index in [-0.39, 0.29) is 23.3 Å². The van der Waals surface area contributed by atoms with Gasteiger partial charge in [-0.25, -0.2) is 9.97 Å². The number of hydrogen-bond acceptors (Lipinski definition) is 7. The standard InChI is InChI=1S/C23H27N5O3S/c1-12-19(32-22(24-12)25-14(3)29)17-6-16-7-28(13(2)15-4-5-15)21(30)18(16)20(26-17)27-8-23(9-27)10-31-11-23/h6,13,15H,4-5,7-11H2,1-3H3,(H,24,25,29). The minimum atomic E-state index is -0.142. The van der Waals surface area contributed by atoms with Crippen molar-refractivity contribution < 1.29 is 14.3 Å². The summed E-state index contributed by atoms with van der Waals surface area (Å²) in [6, 6.07) is 2.31. The topological polar surface area (TPSA) is 87.7 Å². The summed E-state index contributed by atoms with van der Waals surface area (Å²) in [5.41, 5.74) is 3.69. The lowest BCUT2D eigenvalue weighted by Gasteiger charge is -2.55. The van der Waals surface area contributed by atoms with Gasteiger partial charge in [0.05, 0.1) is 40.5 Å². The average molecular weight is 454 g/mol. The predicted molar refractivity (Wildman–Crippen MR) is 122 cm³/mol. The number of nitrogens with one attached hydrogen (secondary N) is 1. The summed E-state index contributed by atoms with van der Waals surface area (Å²) in [6.07, 6.45) is 2.41. The van der Waals surface area contributed by atoms with Crippen molar-refractivity contribution in [2.75, 3.05) is 36.5 Å². The second-order valence-corrected chi connectivity index (χ2v) is 10.8. The molecule has 2 aromatic heterocycles. The average Bonchev–Trinajstić information content (AvgIpc) is 3.38. The molecule has 2 aromatic rings. The number of hydrogen-bond donors (Lipinski definition) is 1. The Balaban J connectivity index is 1.40. The van der Waals surface area contributed by atoms with E-state index < -0.39 is 0 Å². The molecule has 168 valence electrons. The van der Waals surface area contributed by atoms with Gasteiger partial charge >= 0.3 is 0 Å². The van der Waals surface area contributed by atoms with E-state index in [9.17, 15) is 9.59 Å². The Morgan fingerprint density at radius 2 is 2.06 bits per heavy atom. The largest absolute Gasteiger partial charge is 0.380 e. The van der Waals surface area contributed by atoms with Gasteiger partial charge in [-0.2, -0.15) is 0 Å². The van der Waals surface area contributed by atoms with Gasteiger partial charge in [0.25, 0.3) is 5.91 Å². The molecule has 32 heavy (non-hydrogen) atoms. The lowest BCUT2D eigenvalue weighted by molar-refractivity contribution is -0.127. The highest BCUT2D eigenvalue weighted by Crippen LogP contribution is 2.46. The van der Waals surface area contributed by atoms with E-state index >= 15 is 0 Å². The molecule has 8 nitrogen and oxygen atoms in total. The third kappa shape index (κ3) is 3.13. The summed E-state index contributed by atoms with van der Waals surface area (Å²) in [4.78, 5) is 39.7. The van der Waals surface area contributed by atoms with Crippen LogP contribution in [0.3, 0.4) is 0 Å². The Labute approximate surface area is 191 Å². The van der Waals surface area contributed by atoms with Crippen LogP contribution in [-0.4, -0.2) is 59.0 Å². The maximum atomic E-state index is 13.5. The quantitative estimate of drug-likeness (QED) is 0.749. The highest BCUT2D eigenvalue weighted by atomic mass is 32.1. The number of aryl methyl sites for hydroxylation is 1. The Kier molecular flexibility index (Phi) is 4.39. The fourth-order valence-corrected chi connectivity index (χ4v) is 6.14. The van der Waals surface area contributed by atoms with Gasteiger partial charge in [-0.1, -0.05) is 11.3 Å². The van der Waals surface area contributed by atoms with E-state index in [1.807, 2.05) is 11.8 Å². The van der Waals surface area contributed by atoms with Crippen LogP contribution in [0.25, 0.3) is 10.6 Å². The lowest BCUT2D eigenvalue weighted by Crippen LogP contribution is -2.66. The molecule has 5 heterocycles. The van der Waals surface area contributed by atoms with Crippen molar-refractivity contribution in [3.8, 4) is 10.6 Å². The smallest absolute Gasteiger partial charge is 0.258 e. The molecule has 1 unspecified atom stereocenters. The van der Waals surface area contributed by atoms with Crippen molar-refractivity contribution in [2.45, 2.75) is 46.2 Å². The van der Waals surface area contributed by atoms with Crippen molar-refractivity contribution in [1.82, 2.24) is 14.9 Å². The van der Waals surface area contributed by atoms with E-state index in [2.05, 4.69) is 28.2 Å². The Morgan fingerprint density at radius 1 is 1.31 bits per heavy atom. The van der Waals surface area contributed by atoms with Crippen molar-refractivity contribution in [3.05, 3.63) is 22.9 Å². The molecule has 0 bridgehead atoms. The fraction of sp³-hybridized carbons (Fsp3) is 0.565. The molecule has 1 atom stereocenters. The first-order valence-electron chi connectivity index (χ1n) is 11.3. The van der Waals surface area contributed by atoms with Crippen LogP contribution in [0.2, 0.25) is 0 Å². The molecule has 3 aliphatic heterocycles. The highest BCUT2D eigenvalue weighted by Gasteiger charge is 2.51. The van der Waals surface area contributed by atoms with Gasteiger partial charge in [0.15, 0.2) is 5.13 Å². The zero-order valence-electron chi connectivity index (χ0n) is 18.6. The number of aromatic nitrogens is 2. The van der Waals surface area contributed by atoms with Gasteiger partial charge in [-0.05, 0) is 44.2 Å². The molecule has 0 aromatic carbocycles. The maximum Gasteiger partial charge on any atom is 0.258 e. The van der Waals surface area contributed by atoms with Crippen LogP contribution in [0.1, 0.15) is 48.3 Å². The summed E-state index contributed by atoms with van der Waals surface area (Å²) in [5, 5.41) is 3.35. The van der Waals surface area contributed by atoms with Crippen molar-refractivity contribution in [3.63, 3.8) is 0 Å². The molecule has 6 rings (SSSR count). The second kappa shape index (κ2) is 6.99. The summed E-state index contributed by atoms with van der Waals surface area (Å²) in [5.74, 6) is 1.38. The normalized spacial score (nSPS) is 21.9. The number of thiazole rings is 1. The summed E-state index contributed by atoms with van der Waals surface area (Å²) in [7, 11) is 0. The molecule has 2 saturated heterocycles. The number of amides is 2. The van der Waals surface area contributed by atoms with Crippen LogP contribution >= 0.6 is 11.3 Å². The SMILES string of the molecule is CC(=O)Nc1nc(C)c(-c2cc3c(c(N4CC5(COC5)C4)n2)C(=O)N(C(C)C2CC2)C3)s1. The second-order valence-electron chi connectivity index (χ2n) is 9.84. The third-order valence-corrected chi connectivity index (χ3v) is 8.27. The van der Waals surface area contributed by atoms with E-state index in [1.165, 1.54) is 31.1 Å². The molecule has 3 fully saturated rings. The van der Waals surface area contributed by atoms with Crippen LogP contribution in [0.5, 0.6) is 0 Å². The number of pyridine rings is 1. The molecular formula is C23H27N5O3S. The third-order valence-electron chi connectivity index (χ3n) is 7.17. The molecule has 1 N–H and O–H groups in total. The number of ether oxygens (including phenoxy) is 1. The van der Waals surface area contributed by atoms with Crippen LogP contribution in [-0.2, 0) is 16.1 Å². The Morgan fingerprint density at radius 3 is 2.69 bits per heavy atom. The van der Waals surface area contributed by atoms with Gasteiger partial charge in [-0.15, -0.1) is 0 Å². The molecule has 1 saturated carbocycles. The van der Waals surface area contributed by atoms with Gasteiger partial charge in [-0.3, -0.25) is 9.59 Å². The minimum absolute atomic E-state index is 0.110. The number of carbonyl (C=O) groups excluding carboxylic acids is 2. The highest BCUT2D eigenvalue weighted by molar-refractivity contribution is 7.19. The molecule has 0 radical (unpaired) electrons. The van der Waals surface area contributed by atoms with Crippen molar-refractivity contribution in [1.29, 1.82) is 0 Å². The number of rotatable bonds is 5. The number of carbonyl (C=O) groups is 2. The summed E-state index contributed by atoms with van der Waals surface area (Å²) in [6.45, 7) is 9.55. The molecular weight excluding hydrogens is 426 g/mol. The first-order chi connectivity index (χ1) is 15.3. The summed E-state index contributed by atoms with van der Waals surface area (Å²) >= 11 is 1.43. The van der Waals surface area contributed by atoms with Crippen molar-refractivity contribution in [2.24, 2.45) is 11.3 Å². The zero-order valence-corrected chi connectivity index (χ0v) is 19.4. The molecule has 4 aliphatic rings. The van der Waals surface area contributed by atoms with Gasteiger partial charge in [0.1, 0.15) is 5.82 Å². The lowest BCUT2D eigenvalue weighted by atomic mass is 9.78. The van der Waals surface area contributed by atoms with Crippen LogP contribution < -0.4 is 10.2 Å². The van der Waals surface area contributed by atoms with Crippen LogP contribution in [0.15, 0.2) is 6.07 Å². The fourth-order valence-electron chi connectivity index (χ4n) is 5.17. The minimum Gasteiger partial charge on any atom is -0.380 e. The molecule has 2 amide bonds. The first-order valence-corrected chi connectivity index (χ1v) is 12.1. The molecule has 1 spiro atoms. The van der Waals surface area contributed by atoms with Crippen LogP contribution in [0.4, 0.5) is 10.9 Å². The van der Waals surface area contributed by atoms with E-state index in [0.29, 0.717) is 17.6 Å². The van der Waals surface area contributed by atoms with E-state index in [0.717, 1.165) is 59.5 Å².